The summed E-state index contributed by atoms with van der Waals surface area (Å²) in [6.07, 6.45) is 0.793. The summed E-state index contributed by atoms with van der Waals surface area (Å²) < 4.78 is 0. The van der Waals surface area contributed by atoms with Gasteiger partial charge < -0.3 is 15.6 Å². The van der Waals surface area contributed by atoms with Crippen LogP contribution in [0.4, 0.5) is 4.79 Å². The van der Waals surface area contributed by atoms with Crippen LogP contribution >= 0.6 is 11.3 Å². The molecular weight excluding hydrogens is 298 g/mol. The minimum absolute atomic E-state index is 0.0343. The summed E-state index contributed by atoms with van der Waals surface area (Å²) in [5, 5.41) is 9.72. The Morgan fingerprint density at radius 1 is 1.41 bits per heavy atom. The van der Waals surface area contributed by atoms with Gasteiger partial charge in [0, 0.05) is 17.3 Å². The molecule has 0 fully saturated rings. The van der Waals surface area contributed by atoms with Gasteiger partial charge in [0.15, 0.2) is 0 Å². The number of aromatic amines is 1. The molecule has 3 N–H and O–H groups in total. The Morgan fingerprint density at radius 2 is 2.18 bits per heavy atom. The van der Waals surface area contributed by atoms with Crippen molar-refractivity contribution in [1.82, 2.24) is 15.6 Å². The first-order valence-corrected chi connectivity index (χ1v) is 8.15. The van der Waals surface area contributed by atoms with Crippen LogP contribution in [0.15, 0.2) is 27.7 Å². The standard InChI is InChI=1S/C16H21N3O2S/c1-10-6-11(2)18-15(20)14(10)8-17-16(21)19-12(3)7-13-4-5-22-9-13/h4-6,9,12H,7-8H2,1-3H3,(H,18,20)(H2,17,19,21). The minimum atomic E-state index is -0.262. The van der Waals surface area contributed by atoms with Crippen molar-refractivity contribution in [2.75, 3.05) is 0 Å². The highest BCUT2D eigenvalue weighted by atomic mass is 32.1. The lowest BCUT2D eigenvalue weighted by Crippen LogP contribution is -2.42. The quantitative estimate of drug-likeness (QED) is 0.792. The van der Waals surface area contributed by atoms with Crippen molar-refractivity contribution < 1.29 is 4.79 Å². The van der Waals surface area contributed by atoms with E-state index in [2.05, 4.69) is 27.1 Å². The molecule has 0 spiro atoms. The number of rotatable bonds is 5. The summed E-state index contributed by atoms with van der Waals surface area (Å²) in [6.45, 7) is 5.89. The van der Waals surface area contributed by atoms with Crippen LogP contribution in [0.5, 0.6) is 0 Å². The molecule has 0 saturated heterocycles. The zero-order chi connectivity index (χ0) is 16.1. The normalized spacial score (nSPS) is 12.0. The van der Waals surface area contributed by atoms with E-state index >= 15 is 0 Å². The second kappa shape index (κ2) is 7.26. The fraction of sp³-hybridized carbons (Fsp3) is 0.375. The molecule has 2 amide bonds. The fourth-order valence-electron chi connectivity index (χ4n) is 2.36. The van der Waals surface area contributed by atoms with Crippen molar-refractivity contribution >= 4 is 17.4 Å². The molecule has 22 heavy (non-hydrogen) atoms. The van der Waals surface area contributed by atoms with Crippen molar-refractivity contribution in [3.63, 3.8) is 0 Å². The number of aryl methyl sites for hydroxylation is 2. The summed E-state index contributed by atoms with van der Waals surface area (Å²) in [5.41, 5.74) is 3.35. The molecule has 118 valence electrons. The third-order valence-electron chi connectivity index (χ3n) is 3.42. The number of hydrogen-bond acceptors (Lipinski definition) is 3. The Hall–Kier alpha value is -2.08. The van der Waals surface area contributed by atoms with Crippen LogP contribution in [0.25, 0.3) is 0 Å². The van der Waals surface area contributed by atoms with Gasteiger partial charge in [0.25, 0.3) is 5.56 Å². The van der Waals surface area contributed by atoms with Crippen LogP contribution in [-0.2, 0) is 13.0 Å². The molecule has 0 saturated carbocycles. The molecular formula is C16H21N3O2S. The summed E-state index contributed by atoms with van der Waals surface area (Å²) in [6, 6.07) is 3.72. The van der Waals surface area contributed by atoms with E-state index in [1.165, 1.54) is 5.56 Å². The monoisotopic (exact) mass is 319 g/mol. The van der Waals surface area contributed by atoms with Crippen LogP contribution in [0.1, 0.15) is 29.3 Å². The minimum Gasteiger partial charge on any atom is -0.335 e. The van der Waals surface area contributed by atoms with E-state index in [1.807, 2.05) is 32.2 Å². The largest absolute Gasteiger partial charge is 0.335 e. The van der Waals surface area contributed by atoms with Crippen LogP contribution in [-0.4, -0.2) is 17.1 Å². The predicted octanol–water partition coefficient (Wildman–Crippen LogP) is 2.48. The van der Waals surface area contributed by atoms with Crippen molar-refractivity contribution in [3.8, 4) is 0 Å². The average Bonchev–Trinajstić information content (AvgIpc) is 2.89. The summed E-state index contributed by atoms with van der Waals surface area (Å²) in [4.78, 5) is 26.5. The molecule has 5 nitrogen and oxygen atoms in total. The van der Waals surface area contributed by atoms with E-state index < -0.39 is 0 Å². The SMILES string of the molecule is Cc1cc(C)c(CNC(=O)NC(C)Cc2ccsc2)c(=O)[nH]1. The zero-order valence-corrected chi connectivity index (χ0v) is 13.8. The molecule has 2 rings (SSSR count). The van der Waals surface area contributed by atoms with E-state index in [-0.39, 0.29) is 24.2 Å². The van der Waals surface area contributed by atoms with Gasteiger partial charge in [-0.3, -0.25) is 4.79 Å². The van der Waals surface area contributed by atoms with E-state index in [0.717, 1.165) is 17.7 Å². The molecule has 2 aromatic heterocycles. The first-order valence-electron chi connectivity index (χ1n) is 7.20. The van der Waals surface area contributed by atoms with Crippen molar-refractivity contribution in [3.05, 3.63) is 55.6 Å². The second-order valence-corrected chi connectivity index (χ2v) is 6.29. The first-order chi connectivity index (χ1) is 10.5. The lowest BCUT2D eigenvalue weighted by molar-refractivity contribution is 0.237. The Morgan fingerprint density at radius 3 is 2.82 bits per heavy atom. The highest BCUT2D eigenvalue weighted by Gasteiger charge is 2.10. The number of hydrogen-bond donors (Lipinski definition) is 3. The van der Waals surface area contributed by atoms with Gasteiger partial charge in [-0.15, -0.1) is 0 Å². The number of urea groups is 1. The summed E-state index contributed by atoms with van der Waals surface area (Å²) >= 11 is 1.65. The molecule has 6 heteroatoms. The van der Waals surface area contributed by atoms with Crippen LogP contribution in [0.3, 0.4) is 0 Å². The smallest absolute Gasteiger partial charge is 0.315 e. The van der Waals surface area contributed by atoms with Gasteiger partial charge in [-0.25, -0.2) is 4.79 Å². The maximum absolute atomic E-state index is 11.9. The Labute approximate surface area is 133 Å². The number of amides is 2. The number of carbonyl (C=O) groups is 1. The van der Waals surface area contributed by atoms with E-state index in [1.54, 1.807) is 11.3 Å². The van der Waals surface area contributed by atoms with Gasteiger partial charge in [-0.2, -0.15) is 11.3 Å². The molecule has 0 aliphatic heterocycles. The number of carbonyl (C=O) groups excluding carboxylic acids is 1. The van der Waals surface area contributed by atoms with Gasteiger partial charge in [-0.1, -0.05) is 0 Å². The summed E-state index contributed by atoms with van der Waals surface area (Å²) in [7, 11) is 0. The predicted molar refractivity (Wildman–Crippen MR) is 89.4 cm³/mol. The molecule has 0 aromatic carbocycles. The van der Waals surface area contributed by atoms with E-state index in [4.69, 9.17) is 0 Å². The molecule has 0 bridgehead atoms. The Kier molecular flexibility index (Phi) is 5.38. The number of nitrogens with one attached hydrogen (secondary N) is 3. The lowest BCUT2D eigenvalue weighted by Gasteiger charge is -2.14. The van der Waals surface area contributed by atoms with Crippen LogP contribution in [0.2, 0.25) is 0 Å². The second-order valence-electron chi connectivity index (χ2n) is 5.51. The Bertz CT molecular complexity index is 692. The van der Waals surface area contributed by atoms with Gasteiger partial charge >= 0.3 is 6.03 Å². The van der Waals surface area contributed by atoms with Crippen molar-refractivity contribution in [2.45, 2.75) is 39.8 Å². The molecule has 2 aromatic rings. The van der Waals surface area contributed by atoms with Crippen LogP contribution in [0, 0.1) is 13.8 Å². The molecule has 1 unspecified atom stereocenters. The van der Waals surface area contributed by atoms with Gasteiger partial charge in [-0.05, 0) is 61.2 Å². The maximum atomic E-state index is 11.9. The van der Waals surface area contributed by atoms with Crippen LogP contribution < -0.4 is 16.2 Å². The van der Waals surface area contributed by atoms with Gasteiger partial charge in [0.1, 0.15) is 0 Å². The molecule has 0 radical (unpaired) electrons. The molecule has 0 aliphatic carbocycles. The van der Waals surface area contributed by atoms with E-state index in [0.29, 0.717) is 5.56 Å². The number of thiophene rings is 1. The maximum Gasteiger partial charge on any atom is 0.315 e. The Balaban J connectivity index is 1.86. The zero-order valence-electron chi connectivity index (χ0n) is 13.0. The molecule has 1 atom stereocenters. The fourth-order valence-corrected chi connectivity index (χ4v) is 3.04. The number of pyridine rings is 1. The van der Waals surface area contributed by atoms with Crippen molar-refractivity contribution in [1.29, 1.82) is 0 Å². The first kappa shape index (κ1) is 16.3. The highest BCUT2D eigenvalue weighted by Crippen LogP contribution is 2.08. The average molecular weight is 319 g/mol. The van der Waals surface area contributed by atoms with Gasteiger partial charge in [0.2, 0.25) is 0 Å². The molecule has 2 heterocycles. The van der Waals surface area contributed by atoms with Crippen molar-refractivity contribution in [2.24, 2.45) is 0 Å². The topological polar surface area (TPSA) is 74.0 Å². The number of aromatic nitrogens is 1. The number of H-pyrrole nitrogens is 1. The molecule has 0 aliphatic rings. The third kappa shape index (κ3) is 4.46. The van der Waals surface area contributed by atoms with Gasteiger partial charge in [0.05, 0.1) is 6.54 Å². The summed E-state index contributed by atoms with van der Waals surface area (Å²) in [5.74, 6) is 0. The lowest BCUT2D eigenvalue weighted by atomic mass is 10.1. The van der Waals surface area contributed by atoms with E-state index in [9.17, 15) is 9.59 Å². The highest BCUT2D eigenvalue weighted by molar-refractivity contribution is 7.07. The third-order valence-corrected chi connectivity index (χ3v) is 4.15.